The van der Waals surface area contributed by atoms with Gasteiger partial charge in [-0.3, -0.25) is 10.1 Å². The highest BCUT2D eigenvalue weighted by molar-refractivity contribution is 9.10. The molecule has 0 radical (unpaired) electrons. The molecule has 2 aromatic rings. The van der Waals surface area contributed by atoms with E-state index in [0.717, 1.165) is 11.3 Å². The summed E-state index contributed by atoms with van der Waals surface area (Å²) in [6.45, 7) is 2.94. The zero-order valence-corrected chi connectivity index (χ0v) is 14.8. The monoisotopic (exact) mass is 405 g/mol. The number of benzene rings is 1. The van der Waals surface area contributed by atoms with Gasteiger partial charge < -0.3 is 10.1 Å². The number of thiazole rings is 1. The first-order valence-corrected chi connectivity index (χ1v) is 8.44. The van der Waals surface area contributed by atoms with Gasteiger partial charge in [-0.05, 0) is 22.4 Å². The molecule has 0 aliphatic rings. The Morgan fingerprint density at radius 2 is 2.32 bits per heavy atom. The lowest BCUT2D eigenvalue weighted by Gasteiger charge is -2.11. The first-order valence-electron chi connectivity index (χ1n) is 6.46. The number of rotatable bonds is 7. The first-order chi connectivity index (χ1) is 10.5. The zero-order chi connectivity index (χ0) is 16.1. The van der Waals surface area contributed by atoms with E-state index < -0.39 is 4.92 Å². The number of nitro groups is 1. The highest BCUT2D eigenvalue weighted by Crippen LogP contribution is 2.36. The molecule has 6 nitrogen and oxygen atoms in total. The van der Waals surface area contributed by atoms with Crippen molar-refractivity contribution < 1.29 is 9.66 Å². The molecule has 22 heavy (non-hydrogen) atoms. The summed E-state index contributed by atoms with van der Waals surface area (Å²) < 4.78 is 6.57. The van der Waals surface area contributed by atoms with Crippen molar-refractivity contribution in [2.45, 2.75) is 19.9 Å². The summed E-state index contributed by atoms with van der Waals surface area (Å²) in [6.07, 6.45) is 2.49. The molecule has 0 aliphatic heterocycles. The number of aromatic nitrogens is 1. The van der Waals surface area contributed by atoms with Crippen molar-refractivity contribution in [3.63, 3.8) is 0 Å². The predicted octanol–water partition coefficient (Wildman–Crippen LogP) is 4.87. The van der Waals surface area contributed by atoms with E-state index in [4.69, 9.17) is 16.3 Å². The van der Waals surface area contributed by atoms with Crippen LogP contribution in [0, 0.1) is 10.1 Å². The lowest BCUT2D eigenvalue weighted by atomic mass is 10.2. The van der Waals surface area contributed by atoms with Gasteiger partial charge in [0.2, 0.25) is 0 Å². The summed E-state index contributed by atoms with van der Waals surface area (Å²) >= 11 is 10.4. The zero-order valence-electron chi connectivity index (χ0n) is 11.6. The molecule has 0 atom stereocenters. The quantitative estimate of drug-likeness (QED) is 0.524. The normalized spacial score (nSPS) is 10.5. The van der Waals surface area contributed by atoms with Gasteiger partial charge in [0.05, 0.1) is 22.5 Å². The third-order valence-electron chi connectivity index (χ3n) is 2.69. The minimum atomic E-state index is -0.434. The molecule has 0 bridgehead atoms. The molecule has 0 spiro atoms. The van der Waals surface area contributed by atoms with Crippen molar-refractivity contribution in [2.24, 2.45) is 0 Å². The second-order valence-corrected chi connectivity index (χ2v) is 6.89. The maximum absolute atomic E-state index is 11.2. The molecule has 9 heteroatoms. The summed E-state index contributed by atoms with van der Waals surface area (Å²) in [5, 5.41) is 14.2. The molecular formula is C13H13BrClN3O3S. The van der Waals surface area contributed by atoms with Gasteiger partial charge in [-0.2, -0.15) is 0 Å². The highest BCUT2D eigenvalue weighted by atomic mass is 79.9. The number of halogens is 2. The van der Waals surface area contributed by atoms with Crippen LogP contribution in [0.15, 0.2) is 22.8 Å². The summed E-state index contributed by atoms with van der Waals surface area (Å²) in [7, 11) is 0. The number of hydrogen-bond acceptors (Lipinski definition) is 6. The van der Waals surface area contributed by atoms with Crippen LogP contribution in [0.3, 0.4) is 0 Å². The smallest absolute Gasteiger partial charge is 0.293 e. The fourth-order valence-electron chi connectivity index (χ4n) is 1.71. The van der Waals surface area contributed by atoms with Crippen LogP contribution in [0.1, 0.15) is 18.2 Å². The molecule has 118 valence electrons. The SMILES string of the molecule is CCCOc1cc(NCc2cnc(Cl)s2)c([N+](=O)[O-])cc1Br. The van der Waals surface area contributed by atoms with E-state index in [-0.39, 0.29) is 5.69 Å². The number of nitrogens with zero attached hydrogens (tertiary/aromatic N) is 2. The van der Waals surface area contributed by atoms with Crippen molar-refractivity contribution in [2.75, 3.05) is 11.9 Å². The Morgan fingerprint density at radius 3 is 2.91 bits per heavy atom. The molecule has 2 rings (SSSR count). The molecule has 1 N–H and O–H groups in total. The van der Waals surface area contributed by atoms with Gasteiger partial charge in [0.1, 0.15) is 11.4 Å². The molecule has 0 aliphatic carbocycles. The average molecular weight is 407 g/mol. The third kappa shape index (κ3) is 4.31. The van der Waals surface area contributed by atoms with Crippen molar-refractivity contribution in [1.82, 2.24) is 4.98 Å². The van der Waals surface area contributed by atoms with E-state index in [2.05, 4.69) is 26.2 Å². The second kappa shape index (κ2) is 7.75. The topological polar surface area (TPSA) is 77.3 Å². The third-order valence-corrected chi connectivity index (χ3v) is 4.42. The van der Waals surface area contributed by atoms with Crippen LogP contribution in [0.25, 0.3) is 0 Å². The van der Waals surface area contributed by atoms with Gasteiger partial charge >= 0.3 is 0 Å². The van der Waals surface area contributed by atoms with Crippen LogP contribution in [0.5, 0.6) is 5.75 Å². The van der Waals surface area contributed by atoms with Crippen LogP contribution in [-0.2, 0) is 6.54 Å². The fourth-order valence-corrected chi connectivity index (χ4v) is 3.07. The molecule has 1 heterocycles. The van der Waals surface area contributed by atoms with E-state index in [1.807, 2.05) is 6.92 Å². The number of hydrogen-bond donors (Lipinski definition) is 1. The first kappa shape index (κ1) is 17.0. The van der Waals surface area contributed by atoms with Crippen LogP contribution in [0.2, 0.25) is 4.47 Å². The van der Waals surface area contributed by atoms with Crippen LogP contribution in [0.4, 0.5) is 11.4 Å². The lowest BCUT2D eigenvalue weighted by Crippen LogP contribution is -2.03. The Kier molecular flexibility index (Phi) is 5.98. The van der Waals surface area contributed by atoms with Crippen molar-refractivity contribution in [3.8, 4) is 5.75 Å². The van der Waals surface area contributed by atoms with Crippen molar-refractivity contribution in [3.05, 3.63) is 42.3 Å². The van der Waals surface area contributed by atoms with Gasteiger partial charge in [-0.15, -0.1) is 11.3 Å². The average Bonchev–Trinajstić information content (AvgIpc) is 2.89. The van der Waals surface area contributed by atoms with Gasteiger partial charge in [-0.1, -0.05) is 18.5 Å². The molecular weight excluding hydrogens is 394 g/mol. The van der Waals surface area contributed by atoms with E-state index >= 15 is 0 Å². The standard InChI is InChI=1S/C13H13BrClN3O3S/c1-2-3-21-12-5-10(11(18(19)20)4-9(12)14)16-6-8-7-17-13(15)22-8/h4-5,7,16H,2-3,6H2,1H3. The minimum Gasteiger partial charge on any atom is -0.492 e. The number of nitro benzene ring substituents is 1. The largest absolute Gasteiger partial charge is 0.492 e. The minimum absolute atomic E-state index is 0.0219. The van der Waals surface area contributed by atoms with Gasteiger partial charge in [0, 0.05) is 23.2 Å². The molecule has 1 aromatic heterocycles. The summed E-state index contributed by atoms with van der Waals surface area (Å²) in [5.74, 6) is 0.567. The van der Waals surface area contributed by atoms with Gasteiger partial charge in [-0.25, -0.2) is 4.98 Å². The molecule has 0 unspecified atom stereocenters. The Bertz CT molecular complexity index is 681. The van der Waals surface area contributed by atoms with E-state index in [0.29, 0.717) is 33.5 Å². The Hall–Kier alpha value is -1.38. The van der Waals surface area contributed by atoms with Crippen LogP contribution >= 0.6 is 38.9 Å². The maximum Gasteiger partial charge on any atom is 0.293 e. The van der Waals surface area contributed by atoms with E-state index in [1.54, 1.807) is 12.3 Å². The Balaban J connectivity index is 2.23. The van der Waals surface area contributed by atoms with Crippen LogP contribution in [-0.4, -0.2) is 16.5 Å². The second-order valence-electron chi connectivity index (χ2n) is 4.34. The molecule has 0 saturated heterocycles. The number of nitrogens with one attached hydrogen (secondary N) is 1. The van der Waals surface area contributed by atoms with Gasteiger partial charge in [0.15, 0.2) is 4.47 Å². The van der Waals surface area contributed by atoms with E-state index in [1.165, 1.54) is 17.4 Å². The summed E-state index contributed by atoms with van der Waals surface area (Å²) in [5.41, 5.74) is 0.371. The highest BCUT2D eigenvalue weighted by Gasteiger charge is 2.18. The molecule has 0 fully saturated rings. The molecule has 1 aromatic carbocycles. The Morgan fingerprint density at radius 1 is 1.55 bits per heavy atom. The van der Waals surface area contributed by atoms with Crippen molar-refractivity contribution in [1.29, 1.82) is 0 Å². The Labute approximate surface area is 144 Å². The lowest BCUT2D eigenvalue weighted by molar-refractivity contribution is -0.384. The maximum atomic E-state index is 11.2. The fraction of sp³-hybridized carbons (Fsp3) is 0.308. The molecule has 0 saturated carbocycles. The molecule has 0 amide bonds. The predicted molar refractivity (Wildman–Crippen MR) is 91.0 cm³/mol. The number of anilines is 1. The van der Waals surface area contributed by atoms with Crippen molar-refractivity contribution >= 4 is 50.2 Å². The van der Waals surface area contributed by atoms with Crippen LogP contribution < -0.4 is 10.1 Å². The van der Waals surface area contributed by atoms with E-state index in [9.17, 15) is 10.1 Å². The van der Waals surface area contributed by atoms with Gasteiger partial charge in [0.25, 0.3) is 5.69 Å². The number of ether oxygens (including phenoxy) is 1. The summed E-state index contributed by atoms with van der Waals surface area (Å²) in [6, 6.07) is 3.06. The summed E-state index contributed by atoms with van der Waals surface area (Å²) in [4.78, 5) is 15.6.